The van der Waals surface area contributed by atoms with Crippen LogP contribution in [-0.4, -0.2) is 27.8 Å². The molecule has 0 unspecified atom stereocenters. The van der Waals surface area contributed by atoms with E-state index in [1.807, 2.05) is 19.2 Å². The number of aryl methyl sites for hydroxylation is 1. The molecule has 2 N–H and O–H groups in total. The Morgan fingerprint density at radius 3 is 2.86 bits per heavy atom. The number of benzene rings is 1. The van der Waals surface area contributed by atoms with Gasteiger partial charge in [-0.15, -0.1) is 0 Å². The molecule has 1 aromatic carbocycles. The molecule has 2 heterocycles. The highest BCUT2D eigenvalue weighted by molar-refractivity contribution is 5.85. The van der Waals surface area contributed by atoms with Gasteiger partial charge in [-0.1, -0.05) is 12.1 Å². The summed E-state index contributed by atoms with van der Waals surface area (Å²) in [5.74, 6) is 0. The maximum Gasteiger partial charge on any atom is 0.0639 e. The lowest BCUT2D eigenvalue weighted by Crippen LogP contribution is -2.17. The molecule has 0 saturated carbocycles. The van der Waals surface area contributed by atoms with E-state index < -0.39 is 0 Å². The average molecular weight is 281 g/mol. The highest BCUT2D eigenvalue weighted by Gasteiger charge is 2.07. The Hall–Kier alpha value is -2.17. The van der Waals surface area contributed by atoms with E-state index in [1.54, 1.807) is 0 Å². The van der Waals surface area contributed by atoms with Gasteiger partial charge in [0.05, 0.1) is 24.0 Å². The van der Waals surface area contributed by atoms with Crippen LogP contribution in [0.5, 0.6) is 0 Å². The molecule has 0 atom stereocenters. The fourth-order valence-corrected chi connectivity index (χ4v) is 2.52. The van der Waals surface area contributed by atoms with E-state index in [4.69, 9.17) is 5.11 Å². The van der Waals surface area contributed by atoms with Crippen LogP contribution in [-0.2, 0) is 6.54 Å². The fraction of sp³-hybridized carbons (Fsp3) is 0.235. The first-order valence-electron chi connectivity index (χ1n) is 7.13. The van der Waals surface area contributed by atoms with Crippen molar-refractivity contribution < 1.29 is 5.11 Å². The third-order valence-corrected chi connectivity index (χ3v) is 3.60. The summed E-state index contributed by atoms with van der Waals surface area (Å²) >= 11 is 0. The molecule has 21 heavy (non-hydrogen) atoms. The van der Waals surface area contributed by atoms with Gasteiger partial charge in [0.1, 0.15) is 0 Å². The summed E-state index contributed by atoms with van der Waals surface area (Å²) in [5.41, 5.74) is 4.49. The Bertz CT molecular complexity index is 731. The van der Waals surface area contributed by atoms with E-state index in [9.17, 15) is 0 Å². The number of hydrogen-bond acceptors (Lipinski definition) is 3. The second kappa shape index (κ2) is 6.08. The van der Waals surface area contributed by atoms with Crippen molar-refractivity contribution in [2.24, 2.45) is 0 Å². The summed E-state index contributed by atoms with van der Waals surface area (Å²) in [5, 5.41) is 13.3. The first-order chi connectivity index (χ1) is 10.3. The number of aliphatic hydroxyl groups is 1. The largest absolute Gasteiger partial charge is 0.395 e. The lowest BCUT2D eigenvalue weighted by atomic mass is 10.1. The van der Waals surface area contributed by atoms with Gasteiger partial charge in [-0.05, 0) is 36.8 Å². The van der Waals surface area contributed by atoms with E-state index in [2.05, 4.69) is 51.4 Å². The predicted molar refractivity (Wildman–Crippen MR) is 84.6 cm³/mol. The molecule has 0 bridgehead atoms. The molecule has 108 valence electrons. The van der Waals surface area contributed by atoms with Crippen LogP contribution >= 0.6 is 0 Å². The van der Waals surface area contributed by atoms with Gasteiger partial charge < -0.3 is 15.0 Å². The monoisotopic (exact) mass is 281 g/mol. The molecular formula is C17H19N3O. The zero-order chi connectivity index (χ0) is 14.7. The predicted octanol–water partition coefficient (Wildman–Crippen LogP) is 2.42. The van der Waals surface area contributed by atoms with Crippen LogP contribution in [0.25, 0.3) is 16.6 Å². The number of aliphatic hydroxyl groups excluding tert-OH is 1. The molecule has 0 aliphatic heterocycles. The Morgan fingerprint density at radius 2 is 2.10 bits per heavy atom. The lowest BCUT2D eigenvalue weighted by Gasteiger charge is -2.08. The van der Waals surface area contributed by atoms with Crippen LogP contribution in [0.4, 0.5) is 0 Å². The molecule has 4 nitrogen and oxygen atoms in total. The molecule has 0 radical (unpaired) electrons. The number of hydrogen-bond donors (Lipinski definition) is 2. The molecular weight excluding hydrogens is 262 g/mol. The number of aromatic nitrogens is 2. The molecule has 0 aliphatic rings. The van der Waals surface area contributed by atoms with Gasteiger partial charge in [0.25, 0.3) is 0 Å². The highest BCUT2D eigenvalue weighted by Crippen LogP contribution is 2.23. The van der Waals surface area contributed by atoms with Gasteiger partial charge in [-0.2, -0.15) is 0 Å². The normalized spacial score (nSPS) is 11.1. The number of nitrogens with one attached hydrogen (secondary N) is 1. The van der Waals surface area contributed by atoms with Crippen LogP contribution in [0.1, 0.15) is 11.3 Å². The maximum atomic E-state index is 8.86. The molecule has 0 saturated heterocycles. The summed E-state index contributed by atoms with van der Waals surface area (Å²) in [4.78, 5) is 4.36. The Morgan fingerprint density at radius 1 is 1.19 bits per heavy atom. The summed E-state index contributed by atoms with van der Waals surface area (Å²) < 4.78 is 2.15. The number of fused-ring (bicyclic) bond motifs is 1. The molecule has 3 aromatic rings. The quantitative estimate of drug-likeness (QED) is 0.706. The molecule has 2 aromatic heterocycles. The lowest BCUT2D eigenvalue weighted by molar-refractivity contribution is 0.292. The SMILES string of the molecule is Cc1ccc(-n2ccc3c(CNCCO)cccc32)cn1. The van der Waals surface area contributed by atoms with Crippen LogP contribution in [0, 0.1) is 6.92 Å². The summed E-state index contributed by atoms with van der Waals surface area (Å²) in [6, 6.07) is 12.5. The summed E-state index contributed by atoms with van der Waals surface area (Å²) in [6.07, 6.45) is 3.97. The van der Waals surface area contributed by atoms with Crippen molar-refractivity contribution in [1.82, 2.24) is 14.9 Å². The minimum absolute atomic E-state index is 0.159. The van der Waals surface area contributed by atoms with Crippen molar-refractivity contribution in [2.75, 3.05) is 13.2 Å². The van der Waals surface area contributed by atoms with E-state index in [0.717, 1.165) is 17.9 Å². The van der Waals surface area contributed by atoms with Gasteiger partial charge in [0, 0.05) is 30.4 Å². The van der Waals surface area contributed by atoms with E-state index in [1.165, 1.54) is 16.5 Å². The van der Waals surface area contributed by atoms with Crippen molar-refractivity contribution in [2.45, 2.75) is 13.5 Å². The van der Waals surface area contributed by atoms with E-state index in [0.29, 0.717) is 6.54 Å². The van der Waals surface area contributed by atoms with Crippen LogP contribution in [0.3, 0.4) is 0 Å². The second-order valence-corrected chi connectivity index (χ2v) is 5.09. The first kappa shape index (κ1) is 13.8. The van der Waals surface area contributed by atoms with Crippen LogP contribution < -0.4 is 5.32 Å². The van der Waals surface area contributed by atoms with Crippen molar-refractivity contribution in [3.05, 3.63) is 60.0 Å². The second-order valence-electron chi connectivity index (χ2n) is 5.09. The zero-order valence-corrected chi connectivity index (χ0v) is 12.1. The number of pyridine rings is 1. The van der Waals surface area contributed by atoms with Gasteiger partial charge in [-0.3, -0.25) is 4.98 Å². The molecule has 0 aliphatic carbocycles. The third kappa shape index (κ3) is 2.82. The van der Waals surface area contributed by atoms with Gasteiger partial charge in [0.15, 0.2) is 0 Å². The highest BCUT2D eigenvalue weighted by atomic mass is 16.3. The first-order valence-corrected chi connectivity index (χ1v) is 7.13. The Balaban J connectivity index is 1.98. The fourth-order valence-electron chi connectivity index (χ4n) is 2.52. The van der Waals surface area contributed by atoms with Gasteiger partial charge in [-0.25, -0.2) is 0 Å². The minimum atomic E-state index is 0.159. The molecule has 3 rings (SSSR count). The maximum absolute atomic E-state index is 8.86. The topological polar surface area (TPSA) is 50.1 Å². The third-order valence-electron chi connectivity index (χ3n) is 3.60. The average Bonchev–Trinajstić information content (AvgIpc) is 2.93. The van der Waals surface area contributed by atoms with Crippen molar-refractivity contribution in [1.29, 1.82) is 0 Å². The summed E-state index contributed by atoms with van der Waals surface area (Å²) in [6.45, 7) is 3.52. The smallest absolute Gasteiger partial charge is 0.0639 e. The molecule has 0 spiro atoms. The molecule has 4 heteroatoms. The molecule has 0 fully saturated rings. The minimum Gasteiger partial charge on any atom is -0.395 e. The Labute approximate surface area is 124 Å². The number of rotatable bonds is 5. The van der Waals surface area contributed by atoms with Crippen LogP contribution in [0.2, 0.25) is 0 Å². The standard InChI is InChI=1S/C17H19N3O/c1-13-5-6-15(12-19-13)20-9-7-16-14(11-18-8-10-21)3-2-4-17(16)20/h2-7,9,12,18,21H,8,10-11H2,1H3. The Kier molecular flexibility index (Phi) is 3.99. The number of nitrogens with zero attached hydrogens (tertiary/aromatic N) is 2. The van der Waals surface area contributed by atoms with Gasteiger partial charge >= 0.3 is 0 Å². The molecule has 0 amide bonds. The van der Waals surface area contributed by atoms with E-state index in [-0.39, 0.29) is 6.61 Å². The van der Waals surface area contributed by atoms with Crippen molar-refractivity contribution in [3.63, 3.8) is 0 Å². The summed E-state index contributed by atoms with van der Waals surface area (Å²) in [7, 11) is 0. The van der Waals surface area contributed by atoms with Crippen LogP contribution in [0.15, 0.2) is 48.8 Å². The van der Waals surface area contributed by atoms with Crippen molar-refractivity contribution in [3.8, 4) is 5.69 Å². The van der Waals surface area contributed by atoms with Crippen molar-refractivity contribution >= 4 is 10.9 Å². The van der Waals surface area contributed by atoms with Gasteiger partial charge in [0.2, 0.25) is 0 Å². The zero-order valence-electron chi connectivity index (χ0n) is 12.1. The van der Waals surface area contributed by atoms with E-state index >= 15 is 0 Å².